The van der Waals surface area contributed by atoms with E-state index in [2.05, 4.69) is 77.8 Å². The van der Waals surface area contributed by atoms with E-state index in [-0.39, 0.29) is 5.82 Å². The van der Waals surface area contributed by atoms with Crippen LogP contribution in [0.15, 0.2) is 120 Å². The first-order valence-electron chi connectivity index (χ1n) is 13.4. The van der Waals surface area contributed by atoms with Gasteiger partial charge in [-0.25, -0.2) is 4.39 Å². The Morgan fingerprint density at radius 3 is 2.36 bits per heavy atom. The summed E-state index contributed by atoms with van der Waals surface area (Å²) in [5, 5.41) is 2.19. The van der Waals surface area contributed by atoms with Crippen LogP contribution >= 0.6 is 8.58 Å². The Kier molecular flexibility index (Phi) is 9.14. The lowest BCUT2D eigenvalue weighted by atomic mass is 9.91. The van der Waals surface area contributed by atoms with E-state index in [1.807, 2.05) is 30.3 Å². The third-order valence-electron chi connectivity index (χ3n) is 6.81. The molecule has 0 saturated carbocycles. The molecule has 4 aromatic rings. The summed E-state index contributed by atoms with van der Waals surface area (Å²) >= 11 is 0. The molecule has 2 atom stereocenters. The van der Waals surface area contributed by atoms with Gasteiger partial charge < -0.3 is 4.74 Å². The first-order valence-corrected chi connectivity index (χ1v) is 14.4. The van der Waals surface area contributed by atoms with Crippen molar-refractivity contribution in [2.45, 2.75) is 25.9 Å². The first-order chi connectivity index (χ1) is 19.2. The fourth-order valence-electron chi connectivity index (χ4n) is 4.94. The van der Waals surface area contributed by atoms with Crippen LogP contribution in [-0.4, -0.2) is 13.3 Å². The van der Waals surface area contributed by atoms with Crippen LogP contribution in [0.1, 0.15) is 34.2 Å². The molecule has 2 nitrogen and oxygen atoms in total. The van der Waals surface area contributed by atoms with Crippen LogP contribution < -0.4 is 15.3 Å². The number of halogens is 1. The van der Waals surface area contributed by atoms with Crippen LogP contribution in [-0.2, 0) is 19.4 Å². The van der Waals surface area contributed by atoms with Gasteiger partial charge in [0.05, 0.1) is 0 Å². The number of hydrogen-bond donors (Lipinski definition) is 0. The van der Waals surface area contributed by atoms with E-state index in [0.29, 0.717) is 21.1 Å². The zero-order chi connectivity index (χ0) is 26.9. The number of nitrogens with zero attached hydrogens (tertiary/aromatic N) is 1. The summed E-state index contributed by atoms with van der Waals surface area (Å²) in [6, 6.07) is 30.4. The van der Waals surface area contributed by atoms with E-state index in [9.17, 15) is 4.39 Å². The smallest absolute Gasteiger partial charge is 0.131 e. The maximum absolute atomic E-state index is 14.1. The standard InChI is InChI=1S/C35H33FNOP/c1-37-24-31-23-32(36)17-18-33(31)39-34-22-29(19-26-11-5-2-6-12-26)21-30(20-27-13-7-3-8-14-27)35(34)38-25-28-15-9-4-10-16-28/h2-11,13-18,21-24,26,39H,12,19-20,25H2,1H3/b37-24+. The van der Waals surface area contributed by atoms with Crippen LogP contribution in [0.5, 0.6) is 5.75 Å². The van der Waals surface area contributed by atoms with Gasteiger partial charge in [-0.2, -0.15) is 0 Å². The molecule has 0 amide bonds. The van der Waals surface area contributed by atoms with Crippen LogP contribution in [0.3, 0.4) is 0 Å². The van der Waals surface area contributed by atoms with Crippen LogP contribution in [0.2, 0.25) is 0 Å². The summed E-state index contributed by atoms with van der Waals surface area (Å²) in [7, 11) is 2.02. The Labute approximate surface area is 232 Å². The highest BCUT2D eigenvalue weighted by molar-refractivity contribution is 7.56. The van der Waals surface area contributed by atoms with Gasteiger partial charge in [0.25, 0.3) is 0 Å². The van der Waals surface area contributed by atoms with Gasteiger partial charge in [-0.3, -0.25) is 4.99 Å². The van der Waals surface area contributed by atoms with E-state index in [4.69, 9.17) is 4.74 Å². The average molecular weight is 534 g/mol. The second-order valence-electron chi connectivity index (χ2n) is 9.83. The van der Waals surface area contributed by atoms with E-state index >= 15 is 0 Å². The lowest BCUT2D eigenvalue weighted by Gasteiger charge is -2.21. The number of allylic oxidation sites excluding steroid dienone is 4. The second kappa shape index (κ2) is 13.3. The summed E-state index contributed by atoms with van der Waals surface area (Å²) in [6.45, 7) is 0.488. The van der Waals surface area contributed by atoms with Crippen molar-refractivity contribution in [3.05, 3.63) is 149 Å². The molecule has 0 radical (unpaired) electrons. The maximum Gasteiger partial charge on any atom is 0.131 e. The van der Waals surface area contributed by atoms with E-state index in [1.54, 1.807) is 19.3 Å². The molecule has 39 heavy (non-hydrogen) atoms. The van der Waals surface area contributed by atoms with Crippen molar-refractivity contribution in [3.63, 3.8) is 0 Å². The second-order valence-corrected chi connectivity index (χ2v) is 11.2. The Hall–Kier alpha value is -3.81. The van der Waals surface area contributed by atoms with Crippen molar-refractivity contribution in [1.29, 1.82) is 0 Å². The molecule has 2 unspecified atom stereocenters. The Bertz CT molecular complexity index is 1480. The van der Waals surface area contributed by atoms with Gasteiger partial charge in [0, 0.05) is 30.6 Å². The Balaban J connectivity index is 1.58. The molecular weight excluding hydrogens is 500 g/mol. The van der Waals surface area contributed by atoms with Crippen molar-refractivity contribution in [2.75, 3.05) is 7.05 Å². The number of ether oxygens (including phenoxy) is 1. The summed E-state index contributed by atoms with van der Waals surface area (Å²) in [5.41, 5.74) is 5.66. The molecule has 4 aromatic carbocycles. The highest BCUT2D eigenvalue weighted by Gasteiger charge is 2.18. The SMILES string of the molecule is C/N=C/c1cc(F)ccc1Pc1cc(CC2C=CC=CC2)cc(Cc2ccccc2)c1OCc1ccccc1. The van der Waals surface area contributed by atoms with Gasteiger partial charge in [0.15, 0.2) is 0 Å². The van der Waals surface area contributed by atoms with Crippen molar-refractivity contribution in [3.8, 4) is 5.75 Å². The molecule has 0 fully saturated rings. The topological polar surface area (TPSA) is 21.6 Å². The van der Waals surface area contributed by atoms with Gasteiger partial charge in [-0.05, 0) is 64.5 Å². The van der Waals surface area contributed by atoms with E-state index in [0.717, 1.165) is 46.7 Å². The first kappa shape index (κ1) is 26.8. The lowest BCUT2D eigenvalue weighted by Crippen LogP contribution is -2.16. The number of benzene rings is 4. The summed E-state index contributed by atoms with van der Waals surface area (Å²) in [4.78, 5) is 4.18. The van der Waals surface area contributed by atoms with Gasteiger partial charge in [-0.15, -0.1) is 0 Å². The Morgan fingerprint density at radius 1 is 0.872 bits per heavy atom. The summed E-state index contributed by atoms with van der Waals surface area (Å²) in [5.74, 6) is 1.14. The van der Waals surface area contributed by atoms with Crippen LogP contribution in [0.25, 0.3) is 0 Å². The molecule has 1 aliphatic rings. The normalized spacial score (nSPS) is 15.0. The molecule has 196 valence electrons. The summed E-state index contributed by atoms with van der Waals surface area (Å²) in [6.07, 6.45) is 13.3. The predicted octanol–water partition coefficient (Wildman–Crippen LogP) is 7.35. The van der Waals surface area contributed by atoms with Crippen molar-refractivity contribution in [2.24, 2.45) is 10.9 Å². The molecule has 4 heteroatoms. The van der Waals surface area contributed by atoms with E-state index < -0.39 is 0 Å². The molecule has 0 aromatic heterocycles. The molecule has 0 bridgehead atoms. The van der Waals surface area contributed by atoms with Crippen molar-refractivity contribution >= 4 is 25.4 Å². The Morgan fingerprint density at radius 2 is 1.64 bits per heavy atom. The largest absolute Gasteiger partial charge is 0.488 e. The van der Waals surface area contributed by atoms with Crippen LogP contribution in [0.4, 0.5) is 4.39 Å². The average Bonchev–Trinajstić information content (AvgIpc) is 2.96. The lowest BCUT2D eigenvalue weighted by molar-refractivity contribution is 0.306. The predicted molar refractivity (Wildman–Crippen MR) is 164 cm³/mol. The monoisotopic (exact) mass is 533 g/mol. The maximum atomic E-state index is 14.1. The van der Waals surface area contributed by atoms with Gasteiger partial charge in [0.2, 0.25) is 0 Å². The van der Waals surface area contributed by atoms with Crippen LogP contribution in [0, 0.1) is 11.7 Å². The fourth-order valence-corrected chi connectivity index (χ4v) is 6.28. The molecule has 0 heterocycles. The molecule has 0 spiro atoms. The molecule has 0 saturated heterocycles. The zero-order valence-corrected chi connectivity index (χ0v) is 23.2. The molecule has 0 aliphatic heterocycles. The van der Waals surface area contributed by atoms with Gasteiger partial charge in [-0.1, -0.05) is 106 Å². The minimum absolute atomic E-state index is 0.255. The number of aliphatic imine (C=N–C) groups is 1. The minimum Gasteiger partial charge on any atom is -0.488 e. The molecule has 1 aliphatic carbocycles. The highest BCUT2D eigenvalue weighted by atomic mass is 31.1. The number of rotatable bonds is 10. The third-order valence-corrected chi connectivity index (χ3v) is 8.17. The molecule has 5 rings (SSSR count). The van der Waals surface area contributed by atoms with Crippen molar-refractivity contribution in [1.82, 2.24) is 0 Å². The van der Waals surface area contributed by atoms with Gasteiger partial charge >= 0.3 is 0 Å². The van der Waals surface area contributed by atoms with Crippen molar-refractivity contribution < 1.29 is 9.13 Å². The molecular formula is C35H33FNOP. The number of hydrogen-bond acceptors (Lipinski definition) is 2. The van der Waals surface area contributed by atoms with E-state index in [1.165, 1.54) is 22.8 Å². The summed E-state index contributed by atoms with van der Waals surface area (Å²) < 4.78 is 20.8. The molecule has 0 N–H and O–H groups in total. The fraction of sp³-hybridized carbons (Fsp3) is 0.171. The zero-order valence-electron chi connectivity index (χ0n) is 22.2. The quantitative estimate of drug-likeness (QED) is 0.154. The minimum atomic E-state index is -0.255. The van der Waals surface area contributed by atoms with Gasteiger partial charge in [0.1, 0.15) is 18.2 Å². The highest BCUT2D eigenvalue weighted by Crippen LogP contribution is 2.31. The third kappa shape index (κ3) is 7.40.